The number of nitrogens with zero attached hydrogens (tertiary/aromatic N) is 2. The highest BCUT2D eigenvalue weighted by atomic mass is 16.3. The predicted octanol–water partition coefficient (Wildman–Crippen LogP) is 0.230. The van der Waals surface area contributed by atoms with Crippen LogP contribution in [0.2, 0.25) is 0 Å². The van der Waals surface area contributed by atoms with E-state index in [1.807, 2.05) is 4.90 Å². The van der Waals surface area contributed by atoms with Crippen LogP contribution in [-0.2, 0) is 9.59 Å². The molecule has 0 aromatic heterocycles. The molecule has 1 N–H and O–H groups in total. The SMILES string of the molecule is CCCCCC(=O)N1CCN(C(=O)CO)CC1. The molecule has 0 aromatic carbocycles. The largest absolute Gasteiger partial charge is 0.387 e. The van der Waals surface area contributed by atoms with E-state index in [1.165, 1.54) is 0 Å². The quantitative estimate of drug-likeness (QED) is 0.702. The van der Waals surface area contributed by atoms with Crippen molar-refractivity contribution in [2.24, 2.45) is 0 Å². The van der Waals surface area contributed by atoms with Crippen molar-refractivity contribution < 1.29 is 14.7 Å². The molecule has 0 unspecified atom stereocenters. The topological polar surface area (TPSA) is 60.9 Å². The molecule has 0 aliphatic carbocycles. The highest BCUT2D eigenvalue weighted by Crippen LogP contribution is 2.07. The molecule has 1 rings (SSSR count). The highest BCUT2D eigenvalue weighted by molar-refractivity contribution is 5.79. The molecule has 0 spiro atoms. The summed E-state index contributed by atoms with van der Waals surface area (Å²) in [6, 6.07) is 0. The Morgan fingerprint density at radius 1 is 1.00 bits per heavy atom. The number of rotatable bonds is 5. The molecule has 0 bridgehead atoms. The summed E-state index contributed by atoms with van der Waals surface area (Å²) in [4.78, 5) is 26.4. The molecule has 0 atom stereocenters. The fourth-order valence-electron chi connectivity index (χ4n) is 1.99. The molecule has 2 amide bonds. The van der Waals surface area contributed by atoms with E-state index < -0.39 is 6.61 Å². The van der Waals surface area contributed by atoms with Crippen LogP contribution in [0.4, 0.5) is 0 Å². The molecular formula is C12H22N2O3. The van der Waals surface area contributed by atoms with Gasteiger partial charge in [0.25, 0.3) is 0 Å². The van der Waals surface area contributed by atoms with Crippen molar-refractivity contribution >= 4 is 11.8 Å². The molecule has 5 nitrogen and oxygen atoms in total. The Bertz CT molecular complexity index is 260. The van der Waals surface area contributed by atoms with Gasteiger partial charge in [-0.2, -0.15) is 0 Å². The second-order valence-corrected chi connectivity index (χ2v) is 4.38. The van der Waals surface area contributed by atoms with E-state index in [2.05, 4.69) is 6.92 Å². The maximum atomic E-state index is 11.8. The normalized spacial score (nSPS) is 16.1. The molecule has 98 valence electrons. The number of hydrogen-bond donors (Lipinski definition) is 1. The molecule has 0 radical (unpaired) electrons. The number of carbonyl (C=O) groups excluding carboxylic acids is 2. The fourth-order valence-corrected chi connectivity index (χ4v) is 1.99. The lowest BCUT2D eigenvalue weighted by atomic mass is 10.2. The van der Waals surface area contributed by atoms with Gasteiger partial charge in [0.15, 0.2) is 0 Å². The Morgan fingerprint density at radius 2 is 1.53 bits per heavy atom. The monoisotopic (exact) mass is 242 g/mol. The van der Waals surface area contributed by atoms with Gasteiger partial charge in [-0.05, 0) is 6.42 Å². The van der Waals surface area contributed by atoms with Gasteiger partial charge in [-0.3, -0.25) is 9.59 Å². The maximum absolute atomic E-state index is 11.8. The summed E-state index contributed by atoms with van der Waals surface area (Å²) in [5, 5.41) is 8.73. The average Bonchev–Trinajstić information content (AvgIpc) is 2.38. The summed E-state index contributed by atoms with van der Waals surface area (Å²) in [7, 11) is 0. The van der Waals surface area contributed by atoms with Crippen LogP contribution in [0.5, 0.6) is 0 Å². The number of carbonyl (C=O) groups is 2. The molecule has 1 fully saturated rings. The molecule has 17 heavy (non-hydrogen) atoms. The van der Waals surface area contributed by atoms with Crippen molar-refractivity contribution in [3.63, 3.8) is 0 Å². The van der Waals surface area contributed by atoms with Gasteiger partial charge in [-0.15, -0.1) is 0 Å². The zero-order valence-electron chi connectivity index (χ0n) is 10.5. The molecule has 1 aliphatic heterocycles. The lowest BCUT2D eigenvalue weighted by Gasteiger charge is -2.34. The Hall–Kier alpha value is -1.10. The fraction of sp³-hybridized carbons (Fsp3) is 0.833. The first-order valence-electron chi connectivity index (χ1n) is 6.35. The minimum atomic E-state index is -0.440. The van der Waals surface area contributed by atoms with Gasteiger partial charge in [0.1, 0.15) is 6.61 Å². The van der Waals surface area contributed by atoms with Crippen LogP contribution in [0.1, 0.15) is 32.6 Å². The van der Waals surface area contributed by atoms with Crippen LogP contribution in [0.15, 0.2) is 0 Å². The number of aliphatic hydroxyl groups is 1. The average molecular weight is 242 g/mol. The standard InChI is InChI=1S/C12H22N2O3/c1-2-3-4-5-11(16)13-6-8-14(9-7-13)12(17)10-15/h15H,2-10H2,1H3. The van der Waals surface area contributed by atoms with Gasteiger partial charge in [-0.1, -0.05) is 19.8 Å². The Kier molecular flexibility index (Phi) is 5.97. The van der Waals surface area contributed by atoms with Crippen LogP contribution >= 0.6 is 0 Å². The first kappa shape index (κ1) is 14.0. The van der Waals surface area contributed by atoms with E-state index in [1.54, 1.807) is 4.90 Å². The maximum Gasteiger partial charge on any atom is 0.248 e. The van der Waals surface area contributed by atoms with E-state index in [9.17, 15) is 9.59 Å². The zero-order chi connectivity index (χ0) is 12.7. The van der Waals surface area contributed by atoms with Gasteiger partial charge < -0.3 is 14.9 Å². The van der Waals surface area contributed by atoms with Gasteiger partial charge >= 0.3 is 0 Å². The number of aliphatic hydroxyl groups excluding tert-OH is 1. The Labute approximate surface area is 102 Å². The number of unbranched alkanes of at least 4 members (excludes halogenated alkanes) is 2. The van der Waals surface area contributed by atoms with Crippen LogP contribution in [-0.4, -0.2) is 59.5 Å². The minimum Gasteiger partial charge on any atom is -0.387 e. The highest BCUT2D eigenvalue weighted by Gasteiger charge is 2.22. The second-order valence-electron chi connectivity index (χ2n) is 4.38. The zero-order valence-corrected chi connectivity index (χ0v) is 10.5. The molecular weight excluding hydrogens is 220 g/mol. The second kappa shape index (κ2) is 7.27. The van der Waals surface area contributed by atoms with Gasteiger partial charge in [-0.25, -0.2) is 0 Å². The Morgan fingerprint density at radius 3 is 2.00 bits per heavy atom. The van der Waals surface area contributed by atoms with Gasteiger partial charge in [0.05, 0.1) is 0 Å². The number of hydrogen-bond acceptors (Lipinski definition) is 3. The number of amides is 2. The van der Waals surface area contributed by atoms with Crippen LogP contribution in [0.25, 0.3) is 0 Å². The van der Waals surface area contributed by atoms with Gasteiger partial charge in [0.2, 0.25) is 11.8 Å². The van der Waals surface area contributed by atoms with Crippen molar-refractivity contribution in [2.75, 3.05) is 32.8 Å². The minimum absolute atomic E-state index is 0.189. The smallest absolute Gasteiger partial charge is 0.248 e. The first-order chi connectivity index (χ1) is 8.19. The summed E-state index contributed by atoms with van der Waals surface area (Å²) in [6.45, 7) is 3.94. The number of piperazine rings is 1. The van der Waals surface area contributed by atoms with E-state index in [-0.39, 0.29) is 11.8 Å². The molecule has 0 aromatic rings. The molecule has 1 heterocycles. The Balaban J connectivity index is 2.26. The van der Waals surface area contributed by atoms with Crippen molar-refractivity contribution in [1.82, 2.24) is 9.80 Å². The molecule has 1 aliphatic rings. The lowest BCUT2D eigenvalue weighted by molar-refractivity contribution is -0.141. The van der Waals surface area contributed by atoms with E-state index in [4.69, 9.17) is 5.11 Å². The van der Waals surface area contributed by atoms with E-state index in [0.29, 0.717) is 32.6 Å². The van der Waals surface area contributed by atoms with Crippen LogP contribution in [0, 0.1) is 0 Å². The third-order valence-corrected chi connectivity index (χ3v) is 3.11. The van der Waals surface area contributed by atoms with Crippen molar-refractivity contribution in [3.05, 3.63) is 0 Å². The summed E-state index contributed by atoms with van der Waals surface area (Å²) in [5.74, 6) is -0.0578. The molecule has 0 saturated carbocycles. The lowest BCUT2D eigenvalue weighted by Crippen LogP contribution is -2.51. The van der Waals surface area contributed by atoms with E-state index >= 15 is 0 Å². The van der Waals surface area contributed by atoms with Crippen LogP contribution in [0.3, 0.4) is 0 Å². The third kappa shape index (κ3) is 4.34. The van der Waals surface area contributed by atoms with Crippen molar-refractivity contribution in [1.29, 1.82) is 0 Å². The van der Waals surface area contributed by atoms with Crippen molar-refractivity contribution in [3.8, 4) is 0 Å². The predicted molar refractivity (Wildman–Crippen MR) is 64.4 cm³/mol. The summed E-state index contributed by atoms with van der Waals surface area (Å²) < 4.78 is 0. The van der Waals surface area contributed by atoms with Crippen molar-refractivity contribution in [2.45, 2.75) is 32.6 Å². The third-order valence-electron chi connectivity index (χ3n) is 3.11. The summed E-state index contributed by atoms with van der Waals surface area (Å²) >= 11 is 0. The summed E-state index contributed by atoms with van der Waals surface area (Å²) in [6.07, 6.45) is 3.77. The van der Waals surface area contributed by atoms with E-state index in [0.717, 1.165) is 19.3 Å². The molecule has 5 heteroatoms. The van der Waals surface area contributed by atoms with Gasteiger partial charge in [0, 0.05) is 32.6 Å². The first-order valence-corrected chi connectivity index (χ1v) is 6.35. The molecule has 1 saturated heterocycles. The summed E-state index contributed by atoms with van der Waals surface area (Å²) in [5.41, 5.74) is 0. The van der Waals surface area contributed by atoms with Crippen LogP contribution < -0.4 is 0 Å².